The van der Waals surface area contributed by atoms with Gasteiger partial charge in [-0.25, -0.2) is 9.67 Å². The molecule has 1 aromatic carbocycles. The lowest BCUT2D eigenvalue weighted by molar-refractivity contribution is 0.804. The summed E-state index contributed by atoms with van der Waals surface area (Å²) in [5.41, 5.74) is 7.92. The van der Waals surface area contributed by atoms with Crippen LogP contribution in [0, 0.1) is 13.8 Å². The number of halogens is 1. The van der Waals surface area contributed by atoms with Gasteiger partial charge in [0.25, 0.3) is 0 Å². The number of nitrogens with zero attached hydrogens (tertiary/aromatic N) is 3. The Labute approximate surface area is 109 Å². The molecule has 1 unspecified atom stereocenters. The van der Waals surface area contributed by atoms with Gasteiger partial charge in [0.1, 0.15) is 11.6 Å². The van der Waals surface area contributed by atoms with E-state index < -0.39 is 0 Å². The lowest BCUT2D eigenvalue weighted by Crippen LogP contribution is -2.06. The Bertz CT molecular complexity index is 545. The van der Waals surface area contributed by atoms with Gasteiger partial charge < -0.3 is 5.73 Å². The van der Waals surface area contributed by atoms with Crippen molar-refractivity contribution in [1.29, 1.82) is 0 Å². The SMILES string of the molecule is Cc1nc(C)n(-c2ccc(C(C)N)cc2Br)n1. The molecule has 0 bridgehead atoms. The number of aromatic nitrogens is 3. The quantitative estimate of drug-likeness (QED) is 0.926. The van der Waals surface area contributed by atoms with E-state index in [1.807, 2.05) is 43.7 Å². The van der Waals surface area contributed by atoms with E-state index in [0.717, 1.165) is 27.4 Å². The molecule has 2 rings (SSSR count). The Hall–Kier alpha value is -1.20. The van der Waals surface area contributed by atoms with Crippen LogP contribution in [-0.2, 0) is 0 Å². The Balaban J connectivity index is 2.50. The predicted octanol–water partition coefficient (Wildman–Crippen LogP) is 2.67. The summed E-state index contributed by atoms with van der Waals surface area (Å²) in [6.07, 6.45) is 0. The first-order chi connectivity index (χ1) is 7.99. The van der Waals surface area contributed by atoms with Gasteiger partial charge in [0, 0.05) is 10.5 Å². The molecule has 4 nitrogen and oxygen atoms in total. The lowest BCUT2D eigenvalue weighted by Gasteiger charge is -2.10. The maximum atomic E-state index is 5.85. The molecule has 1 atom stereocenters. The number of hydrogen-bond acceptors (Lipinski definition) is 3. The molecule has 1 aromatic heterocycles. The summed E-state index contributed by atoms with van der Waals surface area (Å²) in [5.74, 6) is 1.64. The van der Waals surface area contributed by atoms with E-state index in [9.17, 15) is 0 Å². The molecule has 0 aliphatic carbocycles. The van der Waals surface area contributed by atoms with Crippen LogP contribution in [0.5, 0.6) is 0 Å². The molecule has 0 amide bonds. The normalized spacial score (nSPS) is 12.8. The second kappa shape index (κ2) is 4.58. The maximum absolute atomic E-state index is 5.85. The van der Waals surface area contributed by atoms with Gasteiger partial charge in [0.2, 0.25) is 0 Å². The first-order valence-electron chi connectivity index (χ1n) is 5.44. The molecule has 90 valence electrons. The smallest absolute Gasteiger partial charge is 0.148 e. The summed E-state index contributed by atoms with van der Waals surface area (Å²) >= 11 is 3.55. The van der Waals surface area contributed by atoms with E-state index in [1.54, 1.807) is 0 Å². The molecule has 1 heterocycles. The van der Waals surface area contributed by atoms with Crippen LogP contribution in [0.25, 0.3) is 5.69 Å². The minimum Gasteiger partial charge on any atom is -0.324 e. The van der Waals surface area contributed by atoms with Gasteiger partial charge in [-0.05, 0) is 54.4 Å². The molecule has 0 saturated heterocycles. The molecule has 2 aromatic rings. The topological polar surface area (TPSA) is 56.7 Å². The van der Waals surface area contributed by atoms with Crippen molar-refractivity contribution in [1.82, 2.24) is 14.8 Å². The highest BCUT2D eigenvalue weighted by Gasteiger charge is 2.10. The fraction of sp³-hybridized carbons (Fsp3) is 0.333. The number of nitrogens with two attached hydrogens (primary N) is 1. The highest BCUT2D eigenvalue weighted by atomic mass is 79.9. The summed E-state index contributed by atoms with van der Waals surface area (Å²) in [6, 6.07) is 6.07. The van der Waals surface area contributed by atoms with Gasteiger partial charge in [0.15, 0.2) is 0 Å². The van der Waals surface area contributed by atoms with Crippen molar-refractivity contribution >= 4 is 15.9 Å². The Kier molecular flexibility index (Phi) is 3.31. The average molecular weight is 295 g/mol. The van der Waals surface area contributed by atoms with Gasteiger partial charge in [-0.2, -0.15) is 5.10 Å². The van der Waals surface area contributed by atoms with Crippen molar-refractivity contribution in [3.05, 3.63) is 39.9 Å². The molecule has 0 spiro atoms. The Morgan fingerprint density at radius 2 is 2.06 bits per heavy atom. The standard InChI is InChI=1S/C12H15BrN4/c1-7(14)10-4-5-12(11(13)6-10)17-9(3)15-8(2)16-17/h4-7H,14H2,1-3H3. The zero-order valence-corrected chi connectivity index (χ0v) is 11.7. The lowest BCUT2D eigenvalue weighted by atomic mass is 10.1. The van der Waals surface area contributed by atoms with Crippen molar-refractivity contribution < 1.29 is 0 Å². The second-order valence-corrected chi connectivity index (χ2v) is 4.97. The number of hydrogen-bond donors (Lipinski definition) is 1. The van der Waals surface area contributed by atoms with Crippen molar-refractivity contribution in [2.75, 3.05) is 0 Å². The highest BCUT2D eigenvalue weighted by Crippen LogP contribution is 2.25. The Morgan fingerprint density at radius 3 is 2.53 bits per heavy atom. The van der Waals surface area contributed by atoms with Gasteiger partial charge >= 0.3 is 0 Å². The molecule has 0 fully saturated rings. The third-order valence-corrected chi connectivity index (χ3v) is 3.24. The van der Waals surface area contributed by atoms with Gasteiger partial charge in [-0.1, -0.05) is 6.07 Å². The third-order valence-electron chi connectivity index (χ3n) is 2.60. The van der Waals surface area contributed by atoms with E-state index in [-0.39, 0.29) is 6.04 Å². The zero-order chi connectivity index (χ0) is 12.6. The summed E-state index contributed by atoms with van der Waals surface area (Å²) in [7, 11) is 0. The largest absolute Gasteiger partial charge is 0.324 e. The minimum atomic E-state index is 0.0268. The fourth-order valence-corrected chi connectivity index (χ4v) is 2.29. The van der Waals surface area contributed by atoms with Crippen molar-refractivity contribution in [3.63, 3.8) is 0 Å². The molecule has 0 saturated carbocycles. The maximum Gasteiger partial charge on any atom is 0.148 e. The summed E-state index contributed by atoms with van der Waals surface area (Å²) in [5, 5.41) is 4.36. The molecule has 2 N–H and O–H groups in total. The van der Waals surface area contributed by atoms with Gasteiger partial charge in [0.05, 0.1) is 5.69 Å². The zero-order valence-electron chi connectivity index (χ0n) is 10.1. The first kappa shape index (κ1) is 12.3. The van der Waals surface area contributed by atoms with Crippen LogP contribution in [-0.4, -0.2) is 14.8 Å². The van der Waals surface area contributed by atoms with Gasteiger partial charge in [-0.15, -0.1) is 0 Å². The van der Waals surface area contributed by atoms with E-state index >= 15 is 0 Å². The summed E-state index contributed by atoms with van der Waals surface area (Å²) < 4.78 is 2.80. The molecule has 17 heavy (non-hydrogen) atoms. The fourth-order valence-electron chi connectivity index (χ4n) is 1.73. The van der Waals surface area contributed by atoms with Crippen LogP contribution >= 0.6 is 15.9 Å². The third kappa shape index (κ3) is 2.40. The first-order valence-corrected chi connectivity index (χ1v) is 6.24. The number of benzene rings is 1. The van der Waals surface area contributed by atoms with Crippen LogP contribution in [0.15, 0.2) is 22.7 Å². The predicted molar refractivity (Wildman–Crippen MR) is 71.1 cm³/mol. The van der Waals surface area contributed by atoms with Crippen LogP contribution in [0.4, 0.5) is 0 Å². The summed E-state index contributed by atoms with van der Waals surface area (Å²) in [4.78, 5) is 4.29. The van der Waals surface area contributed by atoms with E-state index in [1.165, 1.54) is 0 Å². The van der Waals surface area contributed by atoms with E-state index in [0.29, 0.717) is 0 Å². The molecular weight excluding hydrogens is 280 g/mol. The molecule has 0 aliphatic rings. The molecular formula is C12H15BrN4. The average Bonchev–Trinajstić information content (AvgIpc) is 2.57. The van der Waals surface area contributed by atoms with Crippen molar-refractivity contribution in [2.45, 2.75) is 26.8 Å². The second-order valence-electron chi connectivity index (χ2n) is 4.12. The van der Waals surface area contributed by atoms with E-state index in [2.05, 4.69) is 26.0 Å². The Morgan fingerprint density at radius 1 is 1.35 bits per heavy atom. The summed E-state index contributed by atoms with van der Waals surface area (Å²) in [6.45, 7) is 5.78. The van der Waals surface area contributed by atoms with Gasteiger partial charge in [-0.3, -0.25) is 0 Å². The monoisotopic (exact) mass is 294 g/mol. The number of aryl methyl sites for hydroxylation is 2. The van der Waals surface area contributed by atoms with Crippen LogP contribution in [0.3, 0.4) is 0 Å². The van der Waals surface area contributed by atoms with Crippen LogP contribution in [0.2, 0.25) is 0 Å². The molecule has 0 radical (unpaired) electrons. The van der Waals surface area contributed by atoms with Crippen molar-refractivity contribution in [2.24, 2.45) is 5.73 Å². The van der Waals surface area contributed by atoms with Crippen molar-refractivity contribution in [3.8, 4) is 5.69 Å². The molecule has 5 heteroatoms. The highest BCUT2D eigenvalue weighted by molar-refractivity contribution is 9.10. The minimum absolute atomic E-state index is 0.0268. The molecule has 0 aliphatic heterocycles. The van der Waals surface area contributed by atoms with E-state index in [4.69, 9.17) is 5.73 Å². The van der Waals surface area contributed by atoms with Crippen LogP contribution < -0.4 is 5.73 Å². The van der Waals surface area contributed by atoms with Crippen LogP contribution in [0.1, 0.15) is 30.2 Å². The number of rotatable bonds is 2.